The van der Waals surface area contributed by atoms with Crippen LogP contribution in [0.15, 0.2) is 54.6 Å². The topological polar surface area (TPSA) is 57.6 Å². The molecule has 1 unspecified atom stereocenters. The summed E-state index contributed by atoms with van der Waals surface area (Å²) in [4.78, 5) is 25.5. The smallest absolute Gasteiger partial charge is 0.351 e. The molecule has 0 saturated carbocycles. The lowest BCUT2D eigenvalue weighted by Gasteiger charge is -2.30. The molecule has 1 heterocycles. The summed E-state index contributed by atoms with van der Waals surface area (Å²) < 4.78 is 29.7. The molecule has 0 aromatic heterocycles. The maximum atomic E-state index is 14.8. The standard InChI is InChI=1S/C17H13F2NO3/c1-20-13-10-6-5-9-12(13)16(23,15(20)22)17(18,19)14(21)11-7-3-2-4-8-11/h2-10,23H,1H3. The van der Waals surface area contributed by atoms with Gasteiger partial charge >= 0.3 is 5.92 Å². The minimum atomic E-state index is -4.30. The minimum absolute atomic E-state index is 0.153. The Morgan fingerprint density at radius 3 is 2.30 bits per heavy atom. The zero-order valence-corrected chi connectivity index (χ0v) is 12.2. The molecular formula is C17H13F2NO3. The van der Waals surface area contributed by atoms with Crippen molar-refractivity contribution in [1.29, 1.82) is 0 Å². The summed E-state index contributed by atoms with van der Waals surface area (Å²) in [5, 5.41) is 10.6. The van der Waals surface area contributed by atoms with Crippen molar-refractivity contribution in [2.24, 2.45) is 0 Å². The average Bonchev–Trinajstić information content (AvgIpc) is 2.78. The Morgan fingerprint density at radius 2 is 1.65 bits per heavy atom. The molecule has 1 aliphatic heterocycles. The molecule has 0 radical (unpaired) electrons. The van der Waals surface area contributed by atoms with Crippen LogP contribution in [0.5, 0.6) is 0 Å². The highest BCUT2D eigenvalue weighted by molar-refractivity contribution is 6.13. The fourth-order valence-electron chi connectivity index (χ4n) is 2.78. The molecule has 1 amide bonds. The van der Waals surface area contributed by atoms with Gasteiger partial charge in [-0.15, -0.1) is 0 Å². The molecule has 0 bridgehead atoms. The van der Waals surface area contributed by atoms with Gasteiger partial charge in [0.15, 0.2) is 0 Å². The molecule has 2 aromatic carbocycles. The van der Waals surface area contributed by atoms with E-state index in [0.717, 1.165) is 4.90 Å². The largest absolute Gasteiger partial charge is 0.370 e. The van der Waals surface area contributed by atoms with Crippen LogP contribution in [0.4, 0.5) is 14.5 Å². The molecule has 118 valence electrons. The third kappa shape index (κ3) is 1.91. The zero-order chi connectivity index (χ0) is 16.8. The number of likely N-dealkylation sites (N-methyl/N-ethyl adjacent to an activating group) is 1. The number of aliphatic hydroxyl groups is 1. The van der Waals surface area contributed by atoms with Gasteiger partial charge in [0.1, 0.15) is 0 Å². The predicted octanol–water partition coefficient (Wildman–Crippen LogP) is 2.37. The van der Waals surface area contributed by atoms with Crippen LogP contribution in [0.3, 0.4) is 0 Å². The molecule has 4 nitrogen and oxygen atoms in total. The number of hydrogen-bond donors (Lipinski definition) is 1. The first-order valence-corrected chi connectivity index (χ1v) is 6.89. The summed E-state index contributed by atoms with van der Waals surface area (Å²) in [5.41, 5.74) is -3.61. The lowest BCUT2D eigenvalue weighted by Crippen LogP contribution is -2.56. The average molecular weight is 317 g/mol. The number of carbonyl (C=O) groups excluding carboxylic acids is 2. The minimum Gasteiger partial charge on any atom is -0.370 e. The monoisotopic (exact) mass is 317 g/mol. The number of anilines is 1. The van der Waals surface area contributed by atoms with Gasteiger partial charge in [-0.05, 0) is 6.07 Å². The van der Waals surface area contributed by atoms with Crippen LogP contribution in [-0.2, 0) is 10.4 Å². The fourth-order valence-corrected chi connectivity index (χ4v) is 2.78. The summed E-state index contributed by atoms with van der Waals surface area (Å²) in [6.45, 7) is 0. The lowest BCUT2D eigenvalue weighted by molar-refractivity contribution is -0.173. The Hall–Kier alpha value is -2.60. The predicted molar refractivity (Wildman–Crippen MR) is 79.5 cm³/mol. The van der Waals surface area contributed by atoms with Crippen molar-refractivity contribution >= 4 is 17.4 Å². The molecule has 0 spiro atoms. The Bertz CT molecular complexity index is 791. The Kier molecular flexibility index (Phi) is 3.30. The van der Waals surface area contributed by atoms with Gasteiger partial charge in [0.05, 0.1) is 5.69 Å². The number of para-hydroxylation sites is 1. The maximum absolute atomic E-state index is 14.8. The van der Waals surface area contributed by atoms with E-state index in [1.165, 1.54) is 49.5 Å². The number of benzene rings is 2. The summed E-state index contributed by atoms with van der Waals surface area (Å²) in [5.74, 6) is -7.13. The SMILES string of the molecule is CN1C(=O)C(O)(C(F)(F)C(=O)c2ccccc2)c2ccccc21. The first kappa shape index (κ1) is 15.3. The molecule has 1 aliphatic rings. The van der Waals surface area contributed by atoms with Gasteiger partial charge in [-0.25, -0.2) is 0 Å². The molecule has 0 aliphatic carbocycles. The van der Waals surface area contributed by atoms with Crippen molar-refractivity contribution in [3.8, 4) is 0 Å². The quantitative estimate of drug-likeness (QED) is 0.884. The van der Waals surface area contributed by atoms with Crippen molar-refractivity contribution in [3.05, 3.63) is 65.7 Å². The van der Waals surface area contributed by atoms with Crippen LogP contribution in [-0.4, -0.2) is 29.8 Å². The first-order chi connectivity index (χ1) is 10.8. The van der Waals surface area contributed by atoms with E-state index in [2.05, 4.69) is 0 Å². The highest BCUT2D eigenvalue weighted by Crippen LogP contribution is 2.49. The number of carbonyl (C=O) groups is 2. The summed E-state index contributed by atoms with van der Waals surface area (Å²) >= 11 is 0. The molecule has 3 rings (SSSR count). The van der Waals surface area contributed by atoms with Crippen LogP contribution >= 0.6 is 0 Å². The maximum Gasteiger partial charge on any atom is 0.351 e. The van der Waals surface area contributed by atoms with Gasteiger partial charge in [0.2, 0.25) is 11.4 Å². The van der Waals surface area contributed by atoms with Crippen molar-refractivity contribution in [2.75, 3.05) is 11.9 Å². The number of rotatable bonds is 3. The van der Waals surface area contributed by atoms with Crippen molar-refractivity contribution in [2.45, 2.75) is 11.5 Å². The second kappa shape index (κ2) is 4.96. The van der Waals surface area contributed by atoms with Crippen LogP contribution < -0.4 is 4.90 Å². The molecule has 2 aromatic rings. The molecule has 0 fully saturated rings. The number of nitrogens with zero attached hydrogens (tertiary/aromatic N) is 1. The number of Topliss-reactive ketones (excluding diaryl/α,β-unsaturated/α-hetero) is 1. The van der Waals surface area contributed by atoms with Gasteiger partial charge in [-0.1, -0.05) is 48.5 Å². The van der Waals surface area contributed by atoms with E-state index >= 15 is 0 Å². The van der Waals surface area contributed by atoms with Gasteiger partial charge in [0.25, 0.3) is 5.91 Å². The highest BCUT2D eigenvalue weighted by Gasteiger charge is 2.68. The summed E-state index contributed by atoms with van der Waals surface area (Å²) in [6.07, 6.45) is 0. The molecular weight excluding hydrogens is 304 g/mol. The fraction of sp³-hybridized carbons (Fsp3) is 0.176. The molecule has 1 N–H and O–H groups in total. The van der Waals surface area contributed by atoms with Crippen molar-refractivity contribution in [3.63, 3.8) is 0 Å². The number of ketones is 1. The van der Waals surface area contributed by atoms with Crippen LogP contribution in [0.2, 0.25) is 0 Å². The van der Waals surface area contributed by atoms with E-state index in [-0.39, 0.29) is 16.8 Å². The normalized spacial score (nSPS) is 20.5. The van der Waals surface area contributed by atoms with Crippen LogP contribution in [0, 0.1) is 0 Å². The number of hydrogen-bond acceptors (Lipinski definition) is 3. The van der Waals surface area contributed by atoms with Crippen molar-refractivity contribution in [1.82, 2.24) is 0 Å². The molecule has 1 atom stereocenters. The Balaban J connectivity index is 2.16. The molecule has 0 saturated heterocycles. The lowest BCUT2D eigenvalue weighted by atomic mass is 9.84. The zero-order valence-electron chi connectivity index (χ0n) is 12.2. The van der Waals surface area contributed by atoms with Crippen molar-refractivity contribution < 1.29 is 23.5 Å². The third-order valence-electron chi connectivity index (χ3n) is 4.04. The van der Waals surface area contributed by atoms with Crippen LogP contribution in [0.25, 0.3) is 0 Å². The van der Waals surface area contributed by atoms with Crippen LogP contribution in [0.1, 0.15) is 15.9 Å². The Morgan fingerprint density at radius 1 is 1.09 bits per heavy atom. The van der Waals surface area contributed by atoms with E-state index in [1.807, 2.05) is 0 Å². The van der Waals surface area contributed by atoms with Gasteiger partial charge in [-0.3, -0.25) is 9.59 Å². The van der Waals surface area contributed by atoms with Gasteiger partial charge < -0.3 is 10.0 Å². The molecule has 6 heteroatoms. The third-order valence-corrected chi connectivity index (χ3v) is 4.04. The second-order valence-electron chi connectivity index (χ2n) is 5.36. The van der Waals surface area contributed by atoms with E-state index < -0.39 is 23.2 Å². The van der Waals surface area contributed by atoms with Gasteiger partial charge in [0, 0.05) is 18.2 Å². The van der Waals surface area contributed by atoms with E-state index in [1.54, 1.807) is 12.1 Å². The first-order valence-electron chi connectivity index (χ1n) is 6.89. The van der Waals surface area contributed by atoms with E-state index in [9.17, 15) is 23.5 Å². The second-order valence-corrected chi connectivity index (χ2v) is 5.36. The Labute approximate surface area is 131 Å². The van der Waals surface area contributed by atoms with E-state index in [4.69, 9.17) is 0 Å². The number of amides is 1. The molecule has 23 heavy (non-hydrogen) atoms. The van der Waals surface area contributed by atoms with E-state index in [0.29, 0.717) is 0 Å². The highest BCUT2D eigenvalue weighted by atomic mass is 19.3. The van der Waals surface area contributed by atoms with Gasteiger partial charge in [-0.2, -0.15) is 8.78 Å². The number of fused-ring (bicyclic) bond motifs is 1. The summed E-state index contributed by atoms with van der Waals surface area (Å²) in [6, 6.07) is 12.5. The number of halogens is 2. The number of alkyl halides is 2. The summed E-state index contributed by atoms with van der Waals surface area (Å²) in [7, 11) is 1.28.